The molecule has 2 aromatic carbocycles. The van der Waals surface area contributed by atoms with E-state index in [2.05, 4.69) is 18.8 Å². The number of hydrogen-bond acceptors (Lipinski definition) is 5. The molecule has 1 N–H and O–H groups in total. The Labute approximate surface area is 181 Å². The van der Waals surface area contributed by atoms with Crippen molar-refractivity contribution in [3.63, 3.8) is 0 Å². The van der Waals surface area contributed by atoms with E-state index < -0.39 is 16.0 Å². The van der Waals surface area contributed by atoms with Crippen LogP contribution in [0.2, 0.25) is 0 Å². The average Bonchev–Trinajstić information content (AvgIpc) is 2.78. The van der Waals surface area contributed by atoms with Crippen LogP contribution in [0.1, 0.15) is 35.7 Å². The molecule has 7 nitrogen and oxygen atoms in total. The summed E-state index contributed by atoms with van der Waals surface area (Å²) < 4.78 is 32.6. The van der Waals surface area contributed by atoms with Gasteiger partial charge in [0, 0.05) is 24.0 Å². The van der Waals surface area contributed by atoms with Crippen LogP contribution in [0.25, 0.3) is 22.2 Å². The van der Waals surface area contributed by atoms with Gasteiger partial charge in [-0.15, -0.1) is 0 Å². The van der Waals surface area contributed by atoms with Crippen LogP contribution < -0.4 is 0 Å². The van der Waals surface area contributed by atoms with Crippen molar-refractivity contribution in [1.82, 2.24) is 9.29 Å². The van der Waals surface area contributed by atoms with E-state index in [1.165, 1.54) is 28.1 Å². The van der Waals surface area contributed by atoms with Gasteiger partial charge in [-0.25, -0.2) is 18.2 Å². The number of aromatic nitrogens is 1. The zero-order valence-corrected chi connectivity index (χ0v) is 18.2. The van der Waals surface area contributed by atoms with Crippen molar-refractivity contribution in [1.29, 1.82) is 0 Å². The summed E-state index contributed by atoms with van der Waals surface area (Å²) in [7, 11) is -3.74. The summed E-state index contributed by atoms with van der Waals surface area (Å²) in [5.74, 6) is -0.742. The molecule has 0 bridgehead atoms. The summed E-state index contributed by atoms with van der Waals surface area (Å²) in [4.78, 5) is 16.7. The van der Waals surface area contributed by atoms with Crippen LogP contribution in [0.15, 0.2) is 53.4 Å². The minimum Gasteiger partial charge on any atom is -0.478 e. The van der Waals surface area contributed by atoms with Crippen molar-refractivity contribution in [2.45, 2.75) is 24.7 Å². The molecule has 162 valence electrons. The van der Waals surface area contributed by atoms with E-state index in [0.29, 0.717) is 35.7 Å². The van der Waals surface area contributed by atoms with Crippen molar-refractivity contribution in [3.05, 3.63) is 59.7 Å². The number of hydrogen-bond donors (Lipinski definition) is 1. The van der Waals surface area contributed by atoms with Gasteiger partial charge in [0.1, 0.15) is 0 Å². The second kappa shape index (κ2) is 8.37. The second-order valence-electron chi connectivity index (χ2n) is 7.83. The molecule has 31 heavy (non-hydrogen) atoms. The third-order valence-corrected chi connectivity index (χ3v) is 7.39. The molecule has 0 saturated carbocycles. The van der Waals surface area contributed by atoms with Crippen molar-refractivity contribution < 1.29 is 23.1 Å². The molecule has 1 aromatic heterocycles. The Kier molecular flexibility index (Phi) is 5.79. The van der Waals surface area contributed by atoms with Crippen molar-refractivity contribution in [2.24, 2.45) is 0 Å². The van der Waals surface area contributed by atoms with E-state index >= 15 is 0 Å². The van der Waals surface area contributed by atoms with E-state index in [1.807, 2.05) is 24.3 Å². The number of nitrogens with zero attached hydrogens (tertiary/aromatic N) is 2. The fourth-order valence-electron chi connectivity index (χ4n) is 3.66. The summed E-state index contributed by atoms with van der Waals surface area (Å²) in [6, 6.07) is 13.8. The molecule has 8 heteroatoms. The van der Waals surface area contributed by atoms with E-state index in [9.17, 15) is 18.3 Å². The molecule has 1 fully saturated rings. The van der Waals surface area contributed by atoms with E-state index in [1.54, 1.807) is 6.07 Å². The van der Waals surface area contributed by atoms with Crippen LogP contribution in [-0.4, -0.2) is 55.1 Å². The van der Waals surface area contributed by atoms with Gasteiger partial charge in [-0.3, -0.25) is 0 Å². The number of carbonyl (C=O) groups is 1. The number of sulfonamides is 1. The first kappa shape index (κ1) is 21.4. The highest BCUT2D eigenvalue weighted by atomic mass is 32.2. The first-order chi connectivity index (χ1) is 14.8. The Hall–Kier alpha value is -2.81. The fraction of sp³-hybridized carbons (Fsp3) is 0.304. The lowest BCUT2D eigenvalue weighted by atomic mass is 9.99. The Bertz CT molecular complexity index is 1230. The molecule has 0 amide bonds. The highest BCUT2D eigenvalue weighted by molar-refractivity contribution is 7.89. The second-order valence-corrected chi connectivity index (χ2v) is 9.77. The summed E-state index contributed by atoms with van der Waals surface area (Å²) in [5.41, 5.74) is 2.97. The molecular weight excluding hydrogens is 416 g/mol. The lowest BCUT2D eigenvalue weighted by Gasteiger charge is -2.26. The number of ether oxygens (including phenoxy) is 1. The smallest absolute Gasteiger partial charge is 0.336 e. The maximum absolute atomic E-state index is 13.0. The molecule has 0 spiro atoms. The van der Waals surface area contributed by atoms with Gasteiger partial charge in [-0.05, 0) is 35.7 Å². The molecule has 0 atom stereocenters. The monoisotopic (exact) mass is 440 g/mol. The lowest BCUT2D eigenvalue weighted by Crippen LogP contribution is -2.40. The lowest BCUT2D eigenvalue weighted by molar-refractivity contribution is 0.0699. The summed E-state index contributed by atoms with van der Waals surface area (Å²) in [6.45, 7) is 5.44. The van der Waals surface area contributed by atoms with Gasteiger partial charge in [-0.2, -0.15) is 4.31 Å². The largest absolute Gasteiger partial charge is 0.478 e. The van der Waals surface area contributed by atoms with Gasteiger partial charge < -0.3 is 9.84 Å². The molecule has 1 aliphatic rings. The van der Waals surface area contributed by atoms with Gasteiger partial charge in [0.05, 0.1) is 34.9 Å². The minimum atomic E-state index is -3.74. The summed E-state index contributed by atoms with van der Waals surface area (Å²) in [6.07, 6.45) is 0. The standard InChI is InChI=1S/C23H24N2O5S/c1-15(2)16-3-5-17(6-4-16)22-14-20(23(26)27)19-13-18(7-8-21(19)24-22)31(28,29)25-9-11-30-12-10-25/h3-8,13-15H,9-12H2,1-2H3,(H,26,27). The maximum atomic E-state index is 13.0. The summed E-state index contributed by atoms with van der Waals surface area (Å²) in [5, 5.41) is 10.1. The predicted octanol–water partition coefficient (Wildman–Crippen LogP) is 3.74. The molecule has 0 aliphatic carbocycles. The number of pyridine rings is 1. The van der Waals surface area contributed by atoms with Crippen LogP contribution >= 0.6 is 0 Å². The molecule has 0 radical (unpaired) electrons. The third-order valence-electron chi connectivity index (χ3n) is 5.49. The SMILES string of the molecule is CC(C)c1ccc(-c2cc(C(=O)O)c3cc(S(=O)(=O)N4CCOCC4)ccc3n2)cc1. The van der Waals surface area contributed by atoms with Crippen molar-refractivity contribution in [2.75, 3.05) is 26.3 Å². The molecule has 4 rings (SSSR count). The molecule has 1 aliphatic heterocycles. The molecule has 1 saturated heterocycles. The Balaban J connectivity index is 1.80. The topological polar surface area (TPSA) is 96.8 Å². The third kappa shape index (κ3) is 4.19. The van der Waals surface area contributed by atoms with Gasteiger partial charge in [0.15, 0.2) is 0 Å². The van der Waals surface area contributed by atoms with Crippen LogP contribution in [0.4, 0.5) is 0 Å². The van der Waals surface area contributed by atoms with Crippen LogP contribution in [0.3, 0.4) is 0 Å². The normalized spacial score (nSPS) is 15.5. The molecular formula is C23H24N2O5S. The first-order valence-electron chi connectivity index (χ1n) is 10.1. The van der Waals surface area contributed by atoms with Gasteiger partial charge >= 0.3 is 5.97 Å². The van der Waals surface area contributed by atoms with Crippen LogP contribution in [0.5, 0.6) is 0 Å². The number of benzene rings is 2. The van der Waals surface area contributed by atoms with Crippen LogP contribution in [-0.2, 0) is 14.8 Å². The Morgan fingerprint density at radius 2 is 1.74 bits per heavy atom. The predicted molar refractivity (Wildman–Crippen MR) is 118 cm³/mol. The highest BCUT2D eigenvalue weighted by Gasteiger charge is 2.27. The number of carboxylic acids is 1. The zero-order valence-electron chi connectivity index (χ0n) is 17.4. The van der Waals surface area contributed by atoms with Crippen molar-refractivity contribution in [3.8, 4) is 11.3 Å². The van der Waals surface area contributed by atoms with E-state index in [-0.39, 0.29) is 23.5 Å². The summed E-state index contributed by atoms with van der Waals surface area (Å²) >= 11 is 0. The first-order valence-corrected chi connectivity index (χ1v) is 11.6. The van der Waals surface area contributed by atoms with Crippen LogP contribution in [0, 0.1) is 0 Å². The van der Waals surface area contributed by atoms with Crippen molar-refractivity contribution >= 4 is 26.9 Å². The highest BCUT2D eigenvalue weighted by Crippen LogP contribution is 2.29. The Morgan fingerprint density at radius 3 is 2.35 bits per heavy atom. The number of fused-ring (bicyclic) bond motifs is 1. The molecule has 2 heterocycles. The molecule has 3 aromatic rings. The van der Waals surface area contributed by atoms with Gasteiger partial charge in [0.2, 0.25) is 10.0 Å². The van der Waals surface area contributed by atoms with Gasteiger partial charge in [-0.1, -0.05) is 38.1 Å². The van der Waals surface area contributed by atoms with E-state index in [4.69, 9.17) is 4.74 Å². The number of morpholine rings is 1. The Morgan fingerprint density at radius 1 is 1.06 bits per heavy atom. The van der Waals surface area contributed by atoms with E-state index in [0.717, 1.165) is 5.56 Å². The van der Waals surface area contributed by atoms with Gasteiger partial charge in [0.25, 0.3) is 0 Å². The number of rotatable bonds is 5. The zero-order chi connectivity index (χ0) is 22.2. The molecule has 0 unspecified atom stereocenters. The fourth-order valence-corrected chi connectivity index (χ4v) is 5.10. The number of aromatic carboxylic acids is 1. The quantitative estimate of drug-likeness (QED) is 0.649. The number of carboxylic acid groups (broad SMARTS) is 1. The minimum absolute atomic E-state index is 0.0203. The average molecular weight is 441 g/mol. The maximum Gasteiger partial charge on any atom is 0.336 e.